The van der Waals surface area contributed by atoms with Crippen LogP contribution in [-0.4, -0.2) is 14.5 Å². The molecule has 1 aliphatic carbocycles. The second kappa shape index (κ2) is 6.10. The van der Waals surface area contributed by atoms with Gasteiger partial charge in [-0.1, -0.05) is 19.3 Å². The SMILES string of the molecule is CC(NS(=O)(=O)c1ccc(N)cc1F)C1CCCCC1. The van der Waals surface area contributed by atoms with Crippen molar-refractivity contribution in [2.75, 3.05) is 5.73 Å². The molecular formula is C14H21FN2O2S. The fraction of sp³-hybridized carbons (Fsp3) is 0.571. The number of hydrogen-bond donors (Lipinski definition) is 2. The summed E-state index contributed by atoms with van der Waals surface area (Å²) in [5.74, 6) is -0.483. The molecule has 1 atom stereocenters. The van der Waals surface area contributed by atoms with Gasteiger partial charge < -0.3 is 5.73 Å². The van der Waals surface area contributed by atoms with Gasteiger partial charge in [0.25, 0.3) is 0 Å². The lowest BCUT2D eigenvalue weighted by molar-refractivity contribution is 0.303. The molecule has 4 nitrogen and oxygen atoms in total. The van der Waals surface area contributed by atoms with Crippen LogP contribution in [0.15, 0.2) is 23.1 Å². The van der Waals surface area contributed by atoms with E-state index in [2.05, 4.69) is 4.72 Å². The first-order valence-corrected chi connectivity index (χ1v) is 8.46. The average molecular weight is 300 g/mol. The van der Waals surface area contributed by atoms with Gasteiger partial charge in [0.1, 0.15) is 10.7 Å². The summed E-state index contributed by atoms with van der Waals surface area (Å²) in [5, 5.41) is 0. The number of halogens is 1. The summed E-state index contributed by atoms with van der Waals surface area (Å²) < 4.78 is 40.8. The summed E-state index contributed by atoms with van der Waals surface area (Å²) >= 11 is 0. The predicted octanol–water partition coefficient (Wildman–Crippen LogP) is 2.66. The van der Waals surface area contributed by atoms with Crippen LogP contribution in [0.4, 0.5) is 10.1 Å². The highest BCUT2D eigenvalue weighted by molar-refractivity contribution is 7.89. The first kappa shape index (κ1) is 15.3. The highest BCUT2D eigenvalue weighted by atomic mass is 32.2. The largest absolute Gasteiger partial charge is 0.399 e. The lowest BCUT2D eigenvalue weighted by Crippen LogP contribution is -2.39. The monoisotopic (exact) mass is 300 g/mol. The first-order valence-electron chi connectivity index (χ1n) is 6.97. The molecule has 1 aromatic rings. The minimum absolute atomic E-state index is 0.183. The number of nitrogens with two attached hydrogens (primary N) is 1. The smallest absolute Gasteiger partial charge is 0.243 e. The fourth-order valence-electron chi connectivity index (χ4n) is 2.77. The van der Waals surface area contributed by atoms with Crippen LogP contribution in [0.2, 0.25) is 0 Å². The van der Waals surface area contributed by atoms with Crippen molar-refractivity contribution >= 4 is 15.7 Å². The lowest BCUT2D eigenvalue weighted by Gasteiger charge is -2.28. The number of hydrogen-bond acceptors (Lipinski definition) is 3. The summed E-state index contributed by atoms with van der Waals surface area (Å²) in [5.41, 5.74) is 5.64. The Bertz CT molecular complexity index is 569. The van der Waals surface area contributed by atoms with Crippen LogP contribution >= 0.6 is 0 Å². The van der Waals surface area contributed by atoms with Gasteiger partial charge in [0.05, 0.1) is 0 Å². The Balaban J connectivity index is 2.13. The van der Waals surface area contributed by atoms with Gasteiger partial charge in [-0.05, 0) is 43.9 Å². The van der Waals surface area contributed by atoms with Crippen LogP contribution in [0.3, 0.4) is 0 Å². The van der Waals surface area contributed by atoms with Crippen molar-refractivity contribution < 1.29 is 12.8 Å². The maximum absolute atomic E-state index is 13.7. The molecular weight excluding hydrogens is 279 g/mol. The molecule has 0 bridgehead atoms. The summed E-state index contributed by atoms with van der Waals surface area (Å²) in [6, 6.07) is 3.45. The van der Waals surface area contributed by atoms with Gasteiger partial charge >= 0.3 is 0 Å². The van der Waals surface area contributed by atoms with Crippen molar-refractivity contribution in [2.45, 2.75) is 50.0 Å². The van der Waals surface area contributed by atoms with Crippen molar-refractivity contribution in [1.82, 2.24) is 4.72 Å². The third kappa shape index (κ3) is 3.49. The number of anilines is 1. The van der Waals surface area contributed by atoms with E-state index in [0.29, 0.717) is 5.92 Å². The molecule has 0 saturated heterocycles. The molecule has 1 aromatic carbocycles. The number of nitrogens with one attached hydrogen (secondary N) is 1. The Morgan fingerprint density at radius 1 is 1.30 bits per heavy atom. The number of benzene rings is 1. The van der Waals surface area contributed by atoms with Gasteiger partial charge in [-0.2, -0.15) is 0 Å². The molecule has 1 unspecified atom stereocenters. The van der Waals surface area contributed by atoms with Crippen LogP contribution < -0.4 is 10.5 Å². The third-order valence-corrected chi connectivity index (χ3v) is 5.54. The van der Waals surface area contributed by atoms with E-state index in [0.717, 1.165) is 31.7 Å². The van der Waals surface area contributed by atoms with Crippen molar-refractivity contribution in [3.05, 3.63) is 24.0 Å². The van der Waals surface area contributed by atoms with Crippen molar-refractivity contribution in [1.29, 1.82) is 0 Å². The lowest BCUT2D eigenvalue weighted by atomic mass is 9.85. The molecule has 6 heteroatoms. The maximum Gasteiger partial charge on any atom is 0.243 e. The summed E-state index contributed by atoms with van der Waals surface area (Å²) in [7, 11) is -3.84. The van der Waals surface area contributed by atoms with E-state index in [1.54, 1.807) is 0 Å². The normalized spacial score (nSPS) is 18.9. The van der Waals surface area contributed by atoms with Crippen LogP contribution in [-0.2, 0) is 10.0 Å². The van der Waals surface area contributed by atoms with E-state index in [9.17, 15) is 12.8 Å². The Morgan fingerprint density at radius 3 is 2.55 bits per heavy atom. The summed E-state index contributed by atoms with van der Waals surface area (Å²) in [4.78, 5) is -0.339. The number of nitrogen functional groups attached to an aromatic ring is 1. The minimum atomic E-state index is -3.84. The molecule has 0 spiro atoms. The Morgan fingerprint density at radius 2 is 1.95 bits per heavy atom. The maximum atomic E-state index is 13.7. The summed E-state index contributed by atoms with van der Waals surface area (Å²) in [6.07, 6.45) is 5.52. The molecule has 1 fully saturated rings. The van der Waals surface area contributed by atoms with E-state index >= 15 is 0 Å². The second-order valence-corrected chi connectivity index (χ2v) is 7.18. The van der Waals surface area contributed by atoms with E-state index in [1.807, 2.05) is 6.92 Å². The molecule has 3 N–H and O–H groups in total. The molecule has 0 heterocycles. The Labute approximate surface area is 119 Å². The zero-order chi connectivity index (χ0) is 14.8. The average Bonchev–Trinajstić information content (AvgIpc) is 2.38. The second-order valence-electron chi connectivity index (χ2n) is 5.50. The van der Waals surface area contributed by atoms with Crippen LogP contribution in [0.1, 0.15) is 39.0 Å². The fourth-order valence-corrected chi connectivity index (χ4v) is 4.15. The first-order chi connectivity index (χ1) is 9.40. The van der Waals surface area contributed by atoms with E-state index in [4.69, 9.17) is 5.73 Å². The van der Waals surface area contributed by atoms with Gasteiger partial charge in [-0.3, -0.25) is 0 Å². The quantitative estimate of drug-likeness (QED) is 0.840. The predicted molar refractivity (Wildman–Crippen MR) is 77.2 cm³/mol. The van der Waals surface area contributed by atoms with Crippen molar-refractivity contribution in [3.63, 3.8) is 0 Å². The Kier molecular flexibility index (Phi) is 4.65. The Hall–Kier alpha value is -1.14. The van der Waals surface area contributed by atoms with Gasteiger partial charge in [0.15, 0.2) is 0 Å². The van der Waals surface area contributed by atoms with Gasteiger partial charge in [-0.25, -0.2) is 17.5 Å². The molecule has 0 amide bonds. The van der Waals surface area contributed by atoms with Gasteiger partial charge in [0, 0.05) is 11.7 Å². The number of sulfonamides is 1. The molecule has 0 aliphatic heterocycles. The molecule has 20 heavy (non-hydrogen) atoms. The van der Waals surface area contributed by atoms with E-state index in [1.165, 1.54) is 18.6 Å². The van der Waals surface area contributed by atoms with Crippen molar-refractivity contribution in [2.24, 2.45) is 5.92 Å². The number of rotatable bonds is 4. The van der Waals surface area contributed by atoms with Crippen molar-refractivity contribution in [3.8, 4) is 0 Å². The van der Waals surface area contributed by atoms with E-state index in [-0.39, 0.29) is 16.6 Å². The van der Waals surface area contributed by atoms with Crippen LogP contribution in [0, 0.1) is 11.7 Å². The zero-order valence-electron chi connectivity index (χ0n) is 11.6. The molecule has 0 radical (unpaired) electrons. The van der Waals surface area contributed by atoms with Gasteiger partial charge in [-0.15, -0.1) is 0 Å². The standard InChI is InChI=1S/C14H21FN2O2S/c1-10(11-5-3-2-4-6-11)17-20(18,19)14-8-7-12(16)9-13(14)15/h7-11,17H,2-6,16H2,1H3. The van der Waals surface area contributed by atoms with Crippen LogP contribution in [0.5, 0.6) is 0 Å². The topological polar surface area (TPSA) is 72.2 Å². The van der Waals surface area contributed by atoms with Gasteiger partial charge in [0.2, 0.25) is 10.0 Å². The van der Waals surface area contributed by atoms with E-state index < -0.39 is 15.8 Å². The zero-order valence-corrected chi connectivity index (χ0v) is 12.4. The molecule has 2 rings (SSSR count). The molecule has 1 aliphatic rings. The molecule has 0 aromatic heterocycles. The highest BCUT2D eigenvalue weighted by Gasteiger charge is 2.26. The molecule has 112 valence electrons. The van der Waals surface area contributed by atoms with Crippen LogP contribution in [0.25, 0.3) is 0 Å². The molecule has 1 saturated carbocycles. The summed E-state index contributed by atoms with van der Waals surface area (Å²) in [6.45, 7) is 1.85. The minimum Gasteiger partial charge on any atom is -0.399 e. The third-order valence-electron chi connectivity index (χ3n) is 3.94. The highest BCUT2D eigenvalue weighted by Crippen LogP contribution is 2.27.